The van der Waals surface area contributed by atoms with Gasteiger partial charge in [0.15, 0.2) is 0 Å². The van der Waals surface area contributed by atoms with Gasteiger partial charge in [-0.2, -0.15) is 0 Å². The minimum absolute atomic E-state index is 0.0920. The van der Waals surface area contributed by atoms with E-state index in [2.05, 4.69) is 16.1 Å². The lowest BCUT2D eigenvalue weighted by molar-refractivity contribution is -0.274. The maximum Gasteiger partial charge on any atom is 0.573 e. The highest BCUT2D eigenvalue weighted by Crippen LogP contribution is 2.24. The molecule has 0 unspecified atom stereocenters. The predicted octanol–water partition coefficient (Wildman–Crippen LogP) is 4.15. The summed E-state index contributed by atoms with van der Waals surface area (Å²) in [6.07, 6.45) is 2.72. The SMILES string of the molecule is FC(F)(F)Oc1cccc(CO/N=[C]\C2CCCC2)c1. The van der Waals surface area contributed by atoms with E-state index in [9.17, 15) is 13.2 Å². The lowest BCUT2D eigenvalue weighted by Gasteiger charge is -2.09. The first-order chi connectivity index (χ1) is 9.53. The molecule has 6 heteroatoms. The van der Waals surface area contributed by atoms with Crippen LogP contribution in [-0.2, 0) is 11.4 Å². The van der Waals surface area contributed by atoms with Crippen LogP contribution in [0.25, 0.3) is 0 Å². The third-order valence-electron chi connectivity index (χ3n) is 3.02. The second kappa shape index (κ2) is 6.63. The van der Waals surface area contributed by atoms with Crippen molar-refractivity contribution >= 4 is 6.21 Å². The van der Waals surface area contributed by atoms with Crippen LogP contribution in [0.5, 0.6) is 5.75 Å². The van der Waals surface area contributed by atoms with E-state index in [1.807, 2.05) is 0 Å². The van der Waals surface area contributed by atoms with E-state index in [-0.39, 0.29) is 12.4 Å². The van der Waals surface area contributed by atoms with Crippen LogP contribution in [0.1, 0.15) is 31.2 Å². The Morgan fingerprint density at radius 2 is 2.00 bits per heavy atom. The molecule has 1 fully saturated rings. The number of hydrogen-bond acceptors (Lipinski definition) is 3. The zero-order valence-corrected chi connectivity index (χ0v) is 10.8. The lowest BCUT2D eigenvalue weighted by Crippen LogP contribution is -2.17. The van der Waals surface area contributed by atoms with Crippen LogP contribution in [0.15, 0.2) is 29.4 Å². The summed E-state index contributed by atoms with van der Waals surface area (Å²) in [6.45, 7) is 0.0920. The van der Waals surface area contributed by atoms with Gasteiger partial charge >= 0.3 is 6.36 Å². The Labute approximate surface area is 115 Å². The average Bonchev–Trinajstić information content (AvgIpc) is 2.86. The van der Waals surface area contributed by atoms with E-state index in [0.29, 0.717) is 11.5 Å². The van der Waals surface area contributed by atoms with Crippen LogP contribution >= 0.6 is 0 Å². The summed E-state index contributed by atoms with van der Waals surface area (Å²) < 4.78 is 40.0. The molecule has 0 atom stereocenters. The molecule has 1 aromatic carbocycles. The monoisotopic (exact) mass is 286 g/mol. The Kier molecular flexibility index (Phi) is 4.87. The molecule has 0 spiro atoms. The van der Waals surface area contributed by atoms with Crippen molar-refractivity contribution in [1.29, 1.82) is 0 Å². The summed E-state index contributed by atoms with van der Waals surface area (Å²) in [5.41, 5.74) is 0.559. The van der Waals surface area contributed by atoms with Gasteiger partial charge in [0.05, 0.1) is 0 Å². The molecule has 20 heavy (non-hydrogen) atoms. The van der Waals surface area contributed by atoms with Gasteiger partial charge in [0, 0.05) is 5.92 Å². The smallest absolute Gasteiger partial charge is 0.406 e. The quantitative estimate of drug-likeness (QED) is 0.601. The van der Waals surface area contributed by atoms with Gasteiger partial charge < -0.3 is 9.57 Å². The van der Waals surface area contributed by atoms with Crippen LogP contribution in [0, 0.1) is 5.92 Å². The number of benzene rings is 1. The first-order valence-corrected chi connectivity index (χ1v) is 6.45. The van der Waals surface area contributed by atoms with Crippen molar-refractivity contribution in [2.24, 2.45) is 11.1 Å². The first-order valence-electron chi connectivity index (χ1n) is 6.45. The van der Waals surface area contributed by atoms with Gasteiger partial charge in [-0.05, 0) is 30.5 Å². The highest BCUT2D eigenvalue weighted by molar-refractivity contribution is 5.60. The fourth-order valence-corrected chi connectivity index (χ4v) is 2.11. The van der Waals surface area contributed by atoms with E-state index >= 15 is 0 Å². The second-order valence-corrected chi connectivity index (χ2v) is 4.67. The molecule has 1 saturated carbocycles. The molecule has 1 aliphatic rings. The molecule has 0 saturated heterocycles. The normalized spacial score (nSPS) is 16.8. The largest absolute Gasteiger partial charge is 0.573 e. The molecule has 0 heterocycles. The minimum atomic E-state index is -4.69. The van der Waals surface area contributed by atoms with Crippen LogP contribution in [0.3, 0.4) is 0 Å². The Morgan fingerprint density at radius 1 is 1.25 bits per heavy atom. The van der Waals surface area contributed by atoms with E-state index in [0.717, 1.165) is 12.8 Å². The predicted molar refractivity (Wildman–Crippen MR) is 67.3 cm³/mol. The van der Waals surface area contributed by atoms with Crippen LogP contribution in [-0.4, -0.2) is 12.6 Å². The number of ether oxygens (including phenoxy) is 1. The number of hydrogen-bond donors (Lipinski definition) is 0. The summed E-state index contributed by atoms with van der Waals surface area (Å²) >= 11 is 0. The van der Waals surface area contributed by atoms with Gasteiger partial charge in [-0.1, -0.05) is 30.1 Å². The molecular formula is C14H15F3NO2. The van der Waals surface area contributed by atoms with Gasteiger partial charge in [-0.25, -0.2) is 0 Å². The summed E-state index contributed by atoms with van der Waals surface area (Å²) in [5, 5.41) is 3.74. The van der Waals surface area contributed by atoms with Crippen LogP contribution in [0.4, 0.5) is 13.2 Å². The first kappa shape index (κ1) is 14.7. The number of alkyl halides is 3. The molecule has 0 amide bonds. The molecule has 1 aliphatic carbocycles. The van der Waals surface area contributed by atoms with Gasteiger partial charge in [0.2, 0.25) is 0 Å². The summed E-state index contributed by atoms with van der Waals surface area (Å²) in [6, 6.07) is 5.64. The fraction of sp³-hybridized carbons (Fsp3) is 0.500. The van der Waals surface area contributed by atoms with E-state index < -0.39 is 6.36 Å². The number of rotatable bonds is 5. The summed E-state index contributed by atoms with van der Waals surface area (Å²) in [7, 11) is 0. The summed E-state index contributed by atoms with van der Waals surface area (Å²) in [5.74, 6) is 0.0808. The van der Waals surface area contributed by atoms with Crippen molar-refractivity contribution in [2.45, 2.75) is 38.7 Å². The maximum atomic E-state index is 12.1. The zero-order chi connectivity index (χ0) is 14.4. The molecule has 3 nitrogen and oxygen atoms in total. The molecule has 2 rings (SSSR count). The third-order valence-corrected chi connectivity index (χ3v) is 3.02. The fourth-order valence-electron chi connectivity index (χ4n) is 2.11. The molecule has 0 bridgehead atoms. The van der Waals surface area contributed by atoms with Crippen molar-refractivity contribution in [2.75, 3.05) is 0 Å². The average molecular weight is 286 g/mol. The lowest BCUT2D eigenvalue weighted by atomic mass is 10.1. The van der Waals surface area contributed by atoms with Crippen LogP contribution in [0.2, 0.25) is 0 Å². The third kappa shape index (κ3) is 5.11. The molecule has 1 aromatic rings. The topological polar surface area (TPSA) is 30.8 Å². The molecule has 0 aromatic heterocycles. The maximum absolute atomic E-state index is 12.1. The summed E-state index contributed by atoms with van der Waals surface area (Å²) in [4.78, 5) is 5.04. The van der Waals surface area contributed by atoms with Gasteiger partial charge in [-0.15, -0.1) is 13.2 Å². The number of nitrogens with zero attached hydrogens (tertiary/aromatic N) is 1. The van der Waals surface area contributed by atoms with Crippen molar-refractivity contribution in [1.82, 2.24) is 0 Å². The highest BCUT2D eigenvalue weighted by Gasteiger charge is 2.31. The van der Waals surface area contributed by atoms with Gasteiger partial charge in [0.1, 0.15) is 18.6 Å². The molecular weight excluding hydrogens is 271 g/mol. The van der Waals surface area contributed by atoms with Crippen molar-refractivity contribution in [3.8, 4) is 5.75 Å². The van der Waals surface area contributed by atoms with E-state index in [1.165, 1.54) is 31.0 Å². The Bertz CT molecular complexity index is 454. The Hall–Kier alpha value is -1.72. The second-order valence-electron chi connectivity index (χ2n) is 4.67. The Morgan fingerprint density at radius 3 is 2.70 bits per heavy atom. The zero-order valence-electron chi connectivity index (χ0n) is 10.8. The molecule has 0 N–H and O–H groups in total. The van der Waals surface area contributed by atoms with Crippen molar-refractivity contribution < 1.29 is 22.7 Å². The van der Waals surface area contributed by atoms with Gasteiger partial charge in [0.25, 0.3) is 0 Å². The number of halogens is 3. The van der Waals surface area contributed by atoms with Crippen molar-refractivity contribution in [3.05, 3.63) is 29.8 Å². The van der Waals surface area contributed by atoms with E-state index in [1.54, 1.807) is 6.07 Å². The molecule has 0 aliphatic heterocycles. The Balaban J connectivity index is 1.81. The molecule has 1 radical (unpaired) electrons. The molecule has 109 valence electrons. The van der Waals surface area contributed by atoms with Gasteiger partial charge in [-0.3, -0.25) is 0 Å². The highest BCUT2D eigenvalue weighted by atomic mass is 19.4. The van der Waals surface area contributed by atoms with Crippen LogP contribution < -0.4 is 4.74 Å². The van der Waals surface area contributed by atoms with Crippen molar-refractivity contribution in [3.63, 3.8) is 0 Å². The minimum Gasteiger partial charge on any atom is -0.406 e. The standard InChI is InChI=1S/C14H15F3NO2/c15-14(16,17)20-13-7-3-6-12(8-13)10-19-18-9-11-4-1-2-5-11/h3,6-8,11H,1-2,4-5,10H2. The van der Waals surface area contributed by atoms with E-state index in [4.69, 9.17) is 4.84 Å².